The van der Waals surface area contributed by atoms with E-state index in [1.54, 1.807) is 17.6 Å². The molecular weight excluding hydrogens is 255 g/mol. The van der Waals surface area contributed by atoms with Crippen LogP contribution in [0.1, 0.15) is 18.3 Å². The van der Waals surface area contributed by atoms with E-state index in [9.17, 15) is 13.2 Å². The summed E-state index contributed by atoms with van der Waals surface area (Å²) in [6, 6.07) is 5.33. The molecule has 19 heavy (non-hydrogen) atoms. The molecule has 0 bridgehead atoms. The predicted octanol–water partition coefficient (Wildman–Crippen LogP) is 3.48. The molecule has 0 amide bonds. The summed E-state index contributed by atoms with van der Waals surface area (Å²) in [5, 5.41) is 0. The summed E-state index contributed by atoms with van der Waals surface area (Å²) in [6.45, 7) is 4.16. The highest BCUT2D eigenvalue weighted by molar-refractivity contribution is 5.74. The van der Waals surface area contributed by atoms with Crippen molar-refractivity contribution in [3.05, 3.63) is 35.7 Å². The number of halogens is 3. The Hall–Kier alpha value is -1.98. The number of hydrogen-bond donors (Lipinski definition) is 1. The second-order valence-electron chi connectivity index (χ2n) is 4.18. The number of nitrogen functional groups attached to an aromatic ring is 1. The summed E-state index contributed by atoms with van der Waals surface area (Å²) in [7, 11) is 0. The molecule has 1 heterocycles. The Kier molecular flexibility index (Phi) is 3.26. The van der Waals surface area contributed by atoms with Gasteiger partial charge in [-0.15, -0.1) is 0 Å². The van der Waals surface area contributed by atoms with E-state index >= 15 is 0 Å². The predicted molar refractivity (Wildman–Crippen MR) is 67.5 cm³/mol. The molecule has 0 aliphatic carbocycles. The maximum Gasteiger partial charge on any atom is 0.417 e. The zero-order chi connectivity index (χ0) is 14.2. The molecule has 0 fully saturated rings. The Bertz CT molecular complexity index is 600. The molecule has 1 aromatic heterocycles. The molecule has 102 valence electrons. The average molecular weight is 269 g/mol. The number of benzene rings is 1. The highest BCUT2D eigenvalue weighted by atomic mass is 19.4. The minimum Gasteiger partial charge on any atom is -0.383 e. The third-order valence-corrected chi connectivity index (χ3v) is 3.00. The van der Waals surface area contributed by atoms with Gasteiger partial charge in [-0.3, -0.25) is 0 Å². The minimum atomic E-state index is -4.42. The van der Waals surface area contributed by atoms with E-state index in [0.29, 0.717) is 12.4 Å². The summed E-state index contributed by atoms with van der Waals surface area (Å²) in [6.07, 6.45) is -4.42. The molecule has 2 rings (SSSR count). The quantitative estimate of drug-likeness (QED) is 0.907. The number of aromatic nitrogens is 2. The average Bonchev–Trinajstić information content (AvgIpc) is 2.63. The molecule has 0 saturated carbocycles. The normalized spacial score (nSPS) is 11.8. The number of imidazole rings is 1. The fourth-order valence-electron chi connectivity index (χ4n) is 2.12. The molecule has 3 nitrogen and oxygen atoms in total. The van der Waals surface area contributed by atoms with E-state index in [4.69, 9.17) is 5.73 Å². The number of hydrogen-bond acceptors (Lipinski definition) is 2. The number of aryl methyl sites for hydroxylation is 1. The van der Waals surface area contributed by atoms with Crippen molar-refractivity contribution in [3.8, 4) is 11.3 Å². The fraction of sp³-hybridized carbons (Fsp3) is 0.308. The smallest absolute Gasteiger partial charge is 0.383 e. The molecular formula is C13H14F3N3. The lowest BCUT2D eigenvalue weighted by Gasteiger charge is -2.11. The van der Waals surface area contributed by atoms with Gasteiger partial charge in [0.05, 0.1) is 5.56 Å². The Morgan fingerprint density at radius 3 is 2.42 bits per heavy atom. The lowest BCUT2D eigenvalue weighted by molar-refractivity contribution is -0.137. The topological polar surface area (TPSA) is 43.8 Å². The molecule has 0 atom stereocenters. The van der Waals surface area contributed by atoms with Gasteiger partial charge in [0.2, 0.25) is 0 Å². The van der Waals surface area contributed by atoms with E-state index in [-0.39, 0.29) is 17.1 Å². The van der Waals surface area contributed by atoms with Crippen molar-refractivity contribution in [2.24, 2.45) is 0 Å². The van der Waals surface area contributed by atoms with Gasteiger partial charge < -0.3 is 10.3 Å². The summed E-state index contributed by atoms with van der Waals surface area (Å²) < 4.78 is 40.6. The van der Waals surface area contributed by atoms with Gasteiger partial charge in [-0.25, -0.2) is 4.98 Å². The summed E-state index contributed by atoms with van der Waals surface area (Å²) >= 11 is 0. The second kappa shape index (κ2) is 4.60. The zero-order valence-corrected chi connectivity index (χ0v) is 10.6. The lowest BCUT2D eigenvalue weighted by atomic mass is 10.0. The zero-order valence-electron chi connectivity index (χ0n) is 10.6. The van der Waals surface area contributed by atoms with Crippen molar-refractivity contribution in [1.29, 1.82) is 0 Å². The van der Waals surface area contributed by atoms with Crippen LogP contribution in [0.25, 0.3) is 11.3 Å². The molecule has 0 radical (unpaired) electrons. The summed E-state index contributed by atoms with van der Waals surface area (Å²) in [5.74, 6) is 0.865. The number of nitrogens with zero attached hydrogens (tertiary/aromatic N) is 2. The van der Waals surface area contributed by atoms with Crippen molar-refractivity contribution >= 4 is 5.82 Å². The maximum atomic E-state index is 13.0. The number of nitrogens with two attached hydrogens (primary N) is 1. The maximum absolute atomic E-state index is 13.0. The number of alkyl halides is 3. The molecule has 2 aromatic rings. The van der Waals surface area contributed by atoms with Crippen LogP contribution in [-0.2, 0) is 12.7 Å². The summed E-state index contributed by atoms with van der Waals surface area (Å²) in [5.41, 5.74) is 5.38. The first kappa shape index (κ1) is 13.5. The Labute approximate surface area is 108 Å². The van der Waals surface area contributed by atoms with Crippen molar-refractivity contribution in [3.63, 3.8) is 0 Å². The highest BCUT2D eigenvalue weighted by Gasteiger charge is 2.34. The van der Waals surface area contributed by atoms with E-state index in [1.165, 1.54) is 12.1 Å². The fourth-order valence-corrected chi connectivity index (χ4v) is 2.12. The van der Waals surface area contributed by atoms with Crippen LogP contribution in [0.3, 0.4) is 0 Å². The van der Waals surface area contributed by atoms with Gasteiger partial charge >= 0.3 is 6.18 Å². The minimum absolute atomic E-state index is 0.0165. The first-order valence-corrected chi connectivity index (χ1v) is 5.85. The van der Waals surface area contributed by atoms with E-state index in [1.807, 2.05) is 6.92 Å². The molecule has 2 N–H and O–H groups in total. The van der Waals surface area contributed by atoms with Crippen molar-refractivity contribution in [1.82, 2.24) is 9.55 Å². The third kappa shape index (κ3) is 2.30. The third-order valence-electron chi connectivity index (χ3n) is 3.00. The van der Waals surface area contributed by atoms with Gasteiger partial charge in [0.1, 0.15) is 17.3 Å². The van der Waals surface area contributed by atoms with Crippen molar-refractivity contribution < 1.29 is 13.2 Å². The van der Waals surface area contributed by atoms with Crippen LogP contribution in [-0.4, -0.2) is 9.55 Å². The van der Waals surface area contributed by atoms with E-state index in [0.717, 1.165) is 6.07 Å². The van der Waals surface area contributed by atoms with Crippen molar-refractivity contribution in [2.45, 2.75) is 26.6 Å². The monoisotopic (exact) mass is 269 g/mol. The lowest BCUT2D eigenvalue weighted by Crippen LogP contribution is -2.08. The van der Waals surface area contributed by atoms with Crippen molar-refractivity contribution in [2.75, 3.05) is 5.73 Å². The second-order valence-corrected chi connectivity index (χ2v) is 4.18. The largest absolute Gasteiger partial charge is 0.417 e. The molecule has 1 aromatic carbocycles. The SMILES string of the molecule is CCn1c(C)nc(-c2ccccc2C(F)(F)F)c1N. The molecule has 0 aliphatic rings. The van der Waals surface area contributed by atoms with E-state index < -0.39 is 11.7 Å². The van der Waals surface area contributed by atoms with Crippen LogP contribution in [0.4, 0.5) is 19.0 Å². The van der Waals surface area contributed by atoms with Crippen LogP contribution in [0.2, 0.25) is 0 Å². The van der Waals surface area contributed by atoms with Gasteiger partial charge in [0.25, 0.3) is 0 Å². The van der Waals surface area contributed by atoms with Gasteiger partial charge in [0.15, 0.2) is 0 Å². The van der Waals surface area contributed by atoms with E-state index in [2.05, 4.69) is 4.98 Å². The van der Waals surface area contributed by atoms with Crippen LogP contribution >= 0.6 is 0 Å². The number of rotatable bonds is 2. The highest BCUT2D eigenvalue weighted by Crippen LogP contribution is 2.38. The van der Waals surface area contributed by atoms with Crippen LogP contribution in [0, 0.1) is 6.92 Å². The van der Waals surface area contributed by atoms with Crippen LogP contribution in [0.5, 0.6) is 0 Å². The Morgan fingerprint density at radius 2 is 1.89 bits per heavy atom. The first-order valence-electron chi connectivity index (χ1n) is 5.85. The molecule has 0 aliphatic heterocycles. The molecule has 0 saturated heterocycles. The number of anilines is 1. The molecule has 6 heteroatoms. The molecule has 0 unspecified atom stereocenters. The van der Waals surface area contributed by atoms with Crippen LogP contribution < -0.4 is 5.73 Å². The van der Waals surface area contributed by atoms with Gasteiger partial charge in [-0.2, -0.15) is 13.2 Å². The Balaban J connectivity index is 2.67. The first-order chi connectivity index (χ1) is 8.86. The van der Waals surface area contributed by atoms with Gasteiger partial charge in [0, 0.05) is 12.1 Å². The summed E-state index contributed by atoms with van der Waals surface area (Å²) in [4.78, 5) is 4.16. The van der Waals surface area contributed by atoms with Gasteiger partial charge in [-0.1, -0.05) is 18.2 Å². The van der Waals surface area contributed by atoms with Gasteiger partial charge in [-0.05, 0) is 19.9 Å². The molecule has 0 spiro atoms. The standard InChI is InChI=1S/C13H14F3N3/c1-3-19-8(2)18-11(12(19)17)9-6-4-5-7-10(9)13(14,15)16/h4-7H,3,17H2,1-2H3. The Morgan fingerprint density at radius 1 is 1.26 bits per heavy atom. The van der Waals surface area contributed by atoms with Crippen LogP contribution in [0.15, 0.2) is 24.3 Å².